The third kappa shape index (κ3) is 2.96. The number of pyridine rings is 1. The molecule has 0 amide bonds. The summed E-state index contributed by atoms with van der Waals surface area (Å²) in [5, 5.41) is 14.0. The fraction of sp³-hybridized carbons (Fsp3) is 0.0833. The van der Waals surface area contributed by atoms with Crippen molar-refractivity contribution in [2.75, 3.05) is 0 Å². The number of benzene rings is 1. The Hall–Kier alpha value is -4.04. The summed E-state index contributed by atoms with van der Waals surface area (Å²) < 4.78 is 1.80. The molecule has 1 aromatic carbocycles. The molecule has 5 heterocycles. The molecule has 0 bridgehead atoms. The zero-order valence-corrected chi connectivity index (χ0v) is 18.2. The highest BCUT2D eigenvalue weighted by Crippen LogP contribution is 2.36. The Balaban J connectivity index is 1.49. The molecule has 0 fully saturated rings. The van der Waals surface area contributed by atoms with Crippen molar-refractivity contribution in [3.63, 3.8) is 0 Å². The average Bonchev–Trinajstić information content (AvgIpc) is 3.56. The van der Waals surface area contributed by atoms with Gasteiger partial charge in [0.15, 0.2) is 5.78 Å². The third-order valence-corrected chi connectivity index (χ3v) is 6.78. The van der Waals surface area contributed by atoms with Crippen LogP contribution in [0.15, 0.2) is 61.1 Å². The van der Waals surface area contributed by atoms with E-state index in [0.29, 0.717) is 0 Å². The van der Waals surface area contributed by atoms with Gasteiger partial charge in [-0.3, -0.25) is 19.6 Å². The number of fused-ring (bicyclic) bond motifs is 2. The molecular weight excluding hydrogens is 420 g/mol. The molecule has 5 aromatic heterocycles. The van der Waals surface area contributed by atoms with Crippen molar-refractivity contribution in [3.05, 3.63) is 65.9 Å². The number of aromatic amines is 2. The van der Waals surface area contributed by atoms with Gasteiger partial charge in [-0.1, -0.05) is 6.07 Å². The van der Waals surface area contributed by atoms with Gasteiger partial charge in [-0.05, 0) is 48.9 Å². The highest BCUT2D eigenvalue weighted by atomic mass is 32.1. The number of carbonyl (C=O) groups excluding carboxylic acids is 1. The summed E-state index contributed by atoms with van der Waals surface area (Å²) in [6.07, 6.45) is 5.64. The first kappa shape index (κ1) is 18.7. The van der Waals surface area contributed by atoms with E-state index in [9.17, 15) is 4.79 Å². The minimum Gasteiger partial charge on any atom is -0.353 e. The third-order valence-electron chi connectivity index (χ3n) is 5.59. The number of ketones is 1. The highest BCUT2D eigenvalue weighted by molar-refractivity contribution is 7.17. The van der Waals surface area contributed by atoms with Gasteiger partial charge in [0.1, 0.15) is 5.69 Å². The topological polar surface area (TPSA) is 92.2 Å². The van der Waals surface area contributed by atoms with Crippen LogP contribution in [0.4, 0.5) is 0 Å². The number of aromatic nitrogens is 6. The Morgan fingerprint density at radius 1 is 1.00 bits per heavy atom. The standard InChI is InChI=1S/C24H18N6OS/c1-13(31)21-5-6-22(32-21)24-17-10-20(27-18(17)7-8-25-24)23-16-9-14(3-4-19(16)28-29-23)15-11-26-30(2)12-15/h3-12,27H,1-2H3,(H,28,29). The number of rotatable bonds is 4. The van der Waals surface area contributed by atoms with Gasteiger partial charge in [0, 0.05) is 41.3 Å². The maximum Gasteiger partial charge on any atom is 0.169 e. The number of nitrogens with zero attached hydrogens (tertiary/aromatic N) is 4. The second kappa shape index (κ2) is 7.00. The monoisotopic (exact) mass is 438 g/mol. The van der Waals surface area contributed by atoms with Crippen molar-refractivity contribution >= 4 is 38.9 Å². The van der Waals surface area contributed by atoms with E-state index in [2.05, 4.69) is 43.5 Å². The van der Waals surface area contributed by atoms with Crippen molar-refractivity contribution in [2.24, 2.45) is 7.05 Å². The van der Waals surface area contributed by atoms with Crippen LogP contribution in [0, 0.1) is 0 Å². The molecule has 0 saturated carbocycles. The van der Waals surface area contributed by atoms with E-state index >= 15 is 0 Å². The molecule has 6 aromatic rings. The van der Waals surface area contributed by atoms with Gasteiger partial charge in [0.25, 0.3) is 0 Å². The number of carbonyl (C=O) groups is 1. The Kier molecular flexibility index (Phi) is 4.09. The normalized spacial score (nSPS) is 11.6. The van der Waals surface area contributed by atoms with Crippen molar-refractivity contribution in [2.45, 2.75) is 6.92 Å². The molecule has 8 heteroatoms. The van der Waals surface area contributed by atoms with Crippen molar-refractivity contribution in [1.82, 2.24) is 29.9 Å². The molecule has 156 valence electrons. The molecule has 32 heavy (non-hydrogen) atoms. The average molecular weight is 439 g/mol. The second-order valence-corrected chi connectivity index (χ2v) is 8.84. The van der Waals surface area contributed by atoms with Crippen LogP contribution in [-0.4, -0.2) is 35.7 Å². The Labute approximate surface area is 186 Å². The largest absolute Gasteiger partial charge is 0.353 e. The predicted octanol–water partition coefficient (Wildman–Crippen LogP) is 5.44. The zero-order valence-electron chi connectivity index (χ0n) is 17.4. The molecule has 0 saturated heterocycles. The lowest BCUT2D eigenvalue weighted by Gasteiger charge is -1.99. The zero-order chi connectivity index (χ0) is 21.8. The lowest BCUT2D eigenvalue weighted by atomic mass is 10.1. The molecule has 2 N–H and O–H groups in total. The summed E-state index contributed by atoms with van der Waals surface area (Å²) in [6.45, 7) is 1.58. The summed E-state index contributed by atoms with van der Waals surface area (Å²) >= 11 is 1.46. The first-order chi connectivity index (χ1) is 15.6. The smallest absolute Gasteiger partial charge is 0.169 e. The van der Waals surface area contributed by atoms with Crippen LogP contribution in [0.3, 0.4) is 0 Å². The van der Waals surface area contributed by atoms with Gasteiger partial charge < -0.3 is 4.98 Å². The molecule has 0 spiro atoms. The predicted molar refractivity (Wildman–Crippen MR) is 127 cm³/mol. The highest BCUT2D eigenvalue weighted by Gasteiger charge is 2.16. The Morgan fingerprint density at radius 3 is 2.66 bits per heavy atom. The molecule has 6 rings (SSSR count). The van der Waals surface area contributed by atoms with Gasteiger partial charge >= 0.3 is 0 Å². The van der Waals surface area contributed by atoms with Gasteiger partial charge in [0.2, 0.25) is 0 Å². The molecular formula is C24H18N6OS. The fourth-order valence-electron chi connectivity index (χ4n) is 4.00. The number of aryl methyl sites for hydroxylation is 1. The summed E-state index contributed by atoms with van der Waals surface area (Å²) in [4.78, 5) is 21.5. The van der Waals surface area contributed by atoms with Crippen molar-refractivity contribution < 1.29 is 4.79 Å². The lowest BCUT2D eigenvalue weighted by molar-refractivity contribution is 0.102. The van der Waals surface area contributed by atoms with E-state index in [0.717, 1.165) is 59.8 Å². The van der Waals surface area contributed by atoms with Crippen LogP contribution in [-0.2, 0) is 7.05 Å². The number of thiophene rings is 1. The summed E-state index contributed by atoms with van der Waals surface area (Å²) in [7, 11) is 1.91. The Morgan fingerprint density at radius 2 is 1.88 bits per heavy atom. The molecule has 0 aliphatic carbocycles. The van der Waals surface area contributed by atoms with Crippen molar-refractivity contribution in [1.29, 1.82) is 0 Å². The summed E-state index contributed by atoms with van der Waals surface area (Å²) in [6, 6.07) is 14.1. The van der Waals surface area contributed by atoms with Crippen LogP contribution in [0.1, 0.15) is 16.6 Å². The number of nitrogens with one attached hydrogen (secondary N) is 2. The van der Waals surface area contributed by atoms with Gasteiger partial charge in [0.05, 0.1) is 32.9 Å². The van der Waals surface area contributed by atoms with Crippen LogP contribution in [0.5, 0.6) is 0 Å². The minimum absolute atomic E-state index is 0.0654. The maximum atomic E-state index is 11.7. The van der Waals surface area contributed by atoms with E-state index in [1.165, 1.54) is 11.3 Å². The number of hydrogen-bond donors (Lipinski definition) is 2. The van der Waals surface area contributed by atoms with Gasteiger partial charge in [-0.25, -0.2) is 0 Å². The van der Waals surface area contributed by atoms with Crippen LogP contribution >= 0.6 is 11.3 Å². The van der Waals surface area contributed by atoms with Crippen LogP contribution in [0.2, 0.25) is 0 Å². The molecule has 0 unspecified atom stereocenters. The van der Waals surface area contributed by atoms with E-state index in [4.69, 9.17) is 0 Å². The van der Waals surface area contributed by atoms with E-state index < -0.39 is 0 Å². The molecule has 0 radical (unpaired) electrons. The van der Waals surface area contributed by atoms with E-state index in [1.807, 2.05) is 43.7 Å². The Bertz CT molecular complexity index is 1630. The summed E-state index contributed by atoms with van der Waals surface area (Å²) in [5.41, 5.74) is 6.70. The van der Waals surface area contributed by atoms with Crippen LogP contribution < -0.4 is 0 Å². The fourth-order valence-corrected chi connectivity index (χ4v) is 4.91. The van der Waals surface area contributed by atoms with Gasteiger partial charge in [-0.15, -0.1) is 11.3 Å². The van der Waals surface area contributed by atoms with E-state index in [1.54, 1.807) is 17.8 Å². The number of H-pyrrole nitrogens is 2. The first-order valence-corrected chi connectivity index (χ1v) is 10.9. The molecule has 0 aliphatic heterocycles. The van der Waals surface area contributed by atoms with Crippen LogP contribution in [0.25, 0.3) is 54.9 Å². The SMILES string of the molecule is CC(=O)c1ccc(-c2nccc3[nH]c(-c4n[nH]c5ccc(-c6cnn(C)c6)cc45)cc23)s1. The summed E-state index contributed by atoms with van der Waals surface area (Å²) in [5.74, 6) is 0.0654. The quantitative estimate of drug-likeness (QED) is 0.359. The molecule has 0 atom stereocenters. The number of hydrogen-bond acceptors (Lipinski definition) is 5. The van der Waals surface area contributed by atoms with Crippen molar-refractivity contribution in [3.8, 4) is 33.1 Å². The number of Topliss-reactive ketones (excluding diaryl/α,β-unsaturated/α-hetero) is 1. The maximum absolute atomic E-state index is 11.7. The lowest BCUT2D eigenvalue weighted by Crippen LogP contribution is -1.84. The second-order valence-electron chi connectivity index (χ2n) is 7.76. The first-order valence-electron chi connectivity index (χ1n) is 10.1. The molecule has 7 nitrogen and oxygen atoms in total. The van der Waals surface area contributed by atoms with Gasteiger partial charge in [-0.2, -0.15) is 10.2 Å². The molecule has 0 aliphatic rings. The minimum atomic E-state index is 0.0654. The van der Waals surface area contributed by atoms with E-state index in [-0.39, 0.29) is 5.78 Å².